The first-order valence-electron chi connectivity index (χ1n) is 12.2. The van der Waals surface area contributed by atoms with E-state index < -0.39 is 5.60 Å². The Labute approximate surface area is 213 Å². The van der Waals surface area contributed by atoms with Crippen LogP contribution in [0.15, 0.2) is 66.7 Å². The lowest BCUT2D eigenvalue weighted by Gasteiger charge is -2.44. The topological polar surface area (TPSA) is 93.2 Å². The Bertz CT molecular complexity index is 1420. The zero-order chi connectivity index (χ0) is 25.7. The predicted octanol–water partition coefficient (Wildman–Crippen LogP) is 4.14. The Balaban J connectivity index is 1.14. The number of hydrogen-bond acceptors (Lipinski definition) is 6. The van der Waals surface area contributed by atoms with Crippen LogP contribution in [0.1, 0.15) is 60.7 Å². The summed E-state index contributed by atoms with van der Waals surface area (Å²) in [5, 5.41) is 0. The molecule has 0 radical (unpaired) electrons. The van der Waals surface area contributed by atoms with E-state index in [1.807, 2.05) is 0 Å². The van der Waals surface area contributed by atoms with Crippen molar-refractivity contribution in [2.45, 2.75) is 24.9 Å². The second-order valence-electron chi connectivity index (χ2n) is 9.58. The average Bonchev–Trinajstić information content (AvgIpc) is 3.18. The van der Waals surface area contributed by atoms with Crippen molar-refractivity contribution in [1.82, 2.24) is 4.90 Å². The van der Waals surface area contributed by atoms with Crippen LogP contribution >= 0.6 is 0 Å². The van der Waals surface area contributed by atoms with E-state index in [4.69, 9.17) is 9.47 Å². The summed E-state index contributed by atoms with van der Waals surface area (Å²) in [5.41, 5.74) is 1.56. The van der Waals surface area contributed by atoms with Crippen LogP contribution in [0.4, 0.5) is 5.69 Å². The van der Waals surface area contributed by atoms with E-state index >= 15 is 0 Å². The van der Waals surface area contributed by atoms with Gasteiger partial charge in [-0.25, -0.2) is 4.90 Å². The van der Waals surface area contributed by atoms with Crippen LogP contribution in [0.5, 0.6) is 11.5 Å². The standard InChI is InChI=1S/C29H24N2O6/c1-36-20-10-11-23-24(32)17-29(37-25(23)16-20)12-14-30(15-13-29)26(33)18-6-8-19(9-7-18)31-27(34)21-4-2-3-5-22(21)28(31)35/h2-11,16H,12-15,17H2,1H3. The van der Waals surface area contributed by atoms with Crippen LogP contribution in [0.3, 0.4) is 0 Å². The molecule has 6 rings (SSSR count). The lowest BCUT2D eigenvalue weighted by atomic mass is 9.82. The third kappa shape index (κ3) is 3.76. The number of methoxy groups -OCH3 is 1. The molecular weight excluding hydrogens is 472 g/mol. The van der Waals surface area contributed by atoms with E-state index in [2.05, 4.69) is 0 Å². The minimum Gasteiger partial charge on any atom is -0.497 e. The molecule has 1 spiro atoms. The van der Waals surface area contributed by atoms with Gasteiger partial charge in [0.25, 0.3) is 17.7 Å². The van der Waals surface area contributed by atoms with Crippen LogP contribution in [0.25, 0.3) is 0 Å². The Hall–Kier alpha value is -4.46. The zero-order valence-corrected chi connectivity index (χ0v) is 20.2. The van der Waals surface area contributed by atoms with Gasteiger partial charge in [-0.2, -0.15) is 0 Å². The highest BCUT2D eigenvalue weighted by atomic mass is 16.5. The lowest BCUT2D eigenvalue weighted by Crippen LogP contribution is -2.52. The molecule has 1 saturated heterocycles. The molecule has 1 fully saturated rings. The van der Waals surface area contributed by atoms with Crippen molar-refractivity contribution in [1.29, 1.82) is 0 Å². The van der Waals surface area contributed by atoms with Gasteiger partial charge in [-0.3, -0.25) is 19.2 Å². The largest absolute Gasteiger partial charge is 0.497 e. The Morgan fingerprint density at radius 3 is 2.14 bits per heavy atom. The Morgan fingerprint density at radius 2 is 1.51 bits per heavy atom. The highest BCUT2D eigenvalue weighted by molar-refractivity contribution is 6.34. The number of imide groups is 1. The molecule has 0 N–H and O–H groups in total. The maximum Gasteiger partial charge on any atom is 0.266 e. The first kappa shape index (κ1) is 23.0. The summed E-state index contributed by atoms with van der Waals surface area (Å²) >= 11 is 0. The molecule has 0 aliphatic carbocycles. The quantitative estimate of drug-likeness (QED) is 0.506. The number of carbonyl (C=O) groups is 4. The van der Waals surface area contributed by atoms with Gasteiger partial charge in [-0.05, 0) is 48.5 Å². The van der Waals surface area contributed by atoms with Crippen molar-refractivity contribution in [3.05, 3.63) is 89.0 Å². The van der Waals surface area contributed by atoms with Gasteiger partial charge in [0.2, 0.25) is 0 Å². The number of benzene rings is 3. The molecule has 0 atom stereocenters. The number of ketones is 1. The normalized spacial score (nSPS) is 17.9. The van der Waals surface area contributed by atoms with Gasteiger partial charge in [0, 0.05) is 37.6 Å². The molecule has 0 saturated carbocycles. The van der Waals surface area contributed by atoms with Crippen molar-refractivity contribution >= 4 is 29.2 Å². The summed E-state index contributed by atoms with van der Waals surface area (Å²) in [5.74, 6) is 0.296. The molecule has 37 heavy (non-hydrogen) atoms. The second-order valence-corrected chi connectivity index (χ2v) is 9.58. The maximum absolute atomic E-state index is 13.2. The molecule has 3 heterocycles. The van der Waals surface area contributed by atoms with Gasteiger partial charge in [-0.1, -0.05) is 12.1 Å². The number of piperidine rings is 1. The molecule has 3 aromatic rings. The minimum atomic E-state index is -0.636. The van der Waals surface area contributed by atoms with Crippen molar-refractivity contribution in [3.63, 3.8) is 0 Å². The van der Waals surface area contributed by atoms with E-state index in [1.165, 1.54) is 0 Å². The minimum absolute atomic E-state index is 0.0347. The lowest BCUT2D eigenvalue weighted by molar-refractivity contribution is -0.00582. The van der Waals surface area contributed by atoms with Crippen LogP contribution in [-0.2, 0) is 0 Å². The van der Waals surface area contributed by atoms with E-state index in [9.17, 15) is 19.2 Å². The number of likely N-dealkylation sites (tertiary alicyclic amines) is 1. The number of amides is 3. The van der Waals surface area contributed by atoms with Crippen LogP contribution < -0.4 is 14.4 Å². The SMILES string of the molecule is COc1ccc2c(c1)OC1(CCN(C(=O)c3ccc(N4C(=O)c5ccccc5C4=O)cc3)CC1)CC2=O. The number of rotatable bonds is 3. The summed E-state index contributed by atoms with van der Waals surface area (Å²) in [6.45, 7) is 0.900. The summed E-state index contributed by atoms with van der Waals surface area (Å²) in [7, 11) is 1.57. The zero-order valence-electron chi connectivity index (χ0n) is 20.2. The Kier molecular flexibility index (Phi) is 5.33. The fraction of sp³-hybridized carbons (Fsp3) is 0.241. The van der Waals surface area contributed by atoms with Crippen LogP contribution in [-0.4, -0.2) is 54.2 Å². The smallest absolute Gasteiger partial charge is 0.266 e. The molecule has 8 heteroatoms. The van der Waals surface area contributed by atoms with Crippen molar-refractivity contribution in [2.24, 2.45) is 0 Å². The van der Waals surface area contributed by atoms with Gasteiger partial charge in [0.1, 0.15) is 17.1 Å². The maximum atomic E-state index is 13.2. The fourth-order valence-electron chi connectivity index (χ4n) is 5.36. The molecule has 0 aromatic heterocycles. The number of fused-ring (bicyclic) bond motifs is 2. The predicted molar refractivity (Wildman–Crippen MR) is 134 cm³/mol. The molecule has 3 aliphatic rings. The van der Waals surface area contributed by atoms with Crippen molar-refractivity contribution in [2.75, 3.05) is 25.1 Å². The molecule has 3 aromatic carbocycles. The monoisotopic (exact) mass is 496 g/mol. The van der Waals surface area contributed by atoms with Crippen LogP contribution in [0, 0.1) is 0 Å². The fourth-order valence-corrected chi connectivity index (χ4v) is 5.36. The summed E-state index contributed by atoms with van der Waals surface area (Å²) in [4.78, 5) is 54.4. The molecule has 186 valence electrons. The molecule has 0 unspecified atom stereocenters. The van der Waals surface area contributed by atoms with Gasteiger partial charge in [-0.15, -0.1) is 0 Å². The van der Waals surface area contributed by atoms with E-state index in [0.29, 0.717) is 65.4 Å². The van der Waals surface area contributed by atoms with Gasteiger partial charge in [0.05, 0.1) is 35.9 Å². The first-order valence-corrected chi connectivity index (χ1v) is 12.2. The summed E-state index contributed by atoms with van der Waals surface area (Å²) < 4.78 is 11.6. The van der Waals surface area contributed by atoms with E-state index in [-0.39, 0.29) is 29.9 Å². The number of ether oxygens (including phenoxy) is 2. The number of hydrogen-bond donors (Lipinski definition) is 0. The first-order chi connectivity index (χ1) is 17.9. The van der Waals surface area contributed by atoms with Crippen molar-refractivity contribution in [3.8, 4) is 11.5 Å². The number of nitrogens with zero attached hydrogens (tertiary/aromatic N) is 2. The summed E-state index contributed by atoms with van der Waals surface area (Å²) in [6, 6.07) is 18.4. The molecule has 3 aliphatic heterocycles. The molecule has 3 amide bonds. The van der Waals surface area contributed by atoms with E-state index in [1.54, 1.807) is 78.7 Å². The van der Waals surface area contributed by atoms with Gasteiger partial charge < -0.3 is 14.4 Å². The van der Waals surface area contributed by atoms with Crippen LogP contribution in [0.2, 0.25) is 0 Å². The van der Waals surface area contributed by atoms with Gasteiger partial charge >= 0.3 is 0 Å². The molecule has 0 bridgehead atoms. The highest BCUT2D eigenvalue weighted by Gasteiger charge is 2.44. The Morgan fingerprint density at radius 1 is 0.865 bits per heavy atom. The third-order valence-corrected chi connectivity index (χ3v) is 7.43. The third-order valence-electron chi connectivity index (χ3n) is 7.43. The van der Waals surface area contributed by atoms with E-state index in [0.717, 1.165) is 4.90 Å². The second kappa shape index (κ2) is 8.58. The van der Waals surface area contributed by atoms with Gasteiger partial charge in [0.15, 0.2) is 5.78 Å². The number of carbonyl (C=O) groups excluding carboxylic acids is 4. The number of anilines is 1. The average molecular weight is 497 g/mol. The molecular formula is C29H24N2O6. The number of Topliss-reactive ketones (excluding diaryl/α,β-unsaturated/α-hetero) is 1. The molecule has 8 nitrogen and oxygen atoms in total. The highest BCUT2D eigenvalue weighted by Crippen LogP contribution is 2.41. The summed E-state index contributed by atoms with van der Waals surface area (Å²) in [6.07, 6.45) is 1.35. The van der Waals surface area contributed by atoms with Crippen molar-refractivity contribution < 1.29 is 28.7 Å².